The van der Waals surface area contributed by atoms with Crippen LogP contribution < -0.4 is 49.6 Å². The summed E-state index contributed by atoms with van der Waals surface area (Å²) in [5.74, 6) is -0.0988. The molecule has 3 amide bonds. The molecule has 1 saturated carbocycles. The number of aromatic nitrogens is 1. The molecule has 0 unspecified atom stereocenters. The van der Waals surface area contributed by atoms with E-state index >= 15 is 0 Å². The number of amides is 3. The smallest absolute Gasteiger partial charge is 0.480 e. The van der Waals surface area contributed by atoms with E-state index in [2.05, 4.69) is 36.3 Å². The molecule has 0 spiro atoms. The fourth-order valence-corrected chi connectivity index (χ4v) is 4.89. The summed E-state index contributed by atoms with van der Waals surface area (Å²) in [7, 11) is -2.52. The first-order valence-electron chi connectivity index (χ1n) is 10.7. The van der Waals surface area contributed by atoms with Gasteiger partial charge in [0.1, 0.15) is 5.56 Å². The van der Waals surface area contributed by atoms with Crippen molar-refractivity contribution in [3.8, 4) is 5.88 Å². The number of nitrogens with zero attached hydrogens (tertiary/aromatic N) is 1. The maximum absolute atomic E-state index is 12.5. The SMILES string of the molecule is COc1ncc(Br)cc1C(=O)NCCc1ccc(S(=O)(=O)NC(=O)NC2CCCCC2)cc1.[Na+]. The van der Waals surface area contributed by atoms with E-state index in [4.69, 9.17) is 4.74 Å². The minimum atomic E-state index is -3.97. The zero-order chi connectivity index (χ0) is 23.8. The van der Waals surface area contributed by atoms with Gasteiger partial charge in [-0.05, 0) is 59.0 Å². The molecule has 1 aromatic carbocycles. The first-order valence-corrected chi connectivity index (χ1v) is 13.0. The average Bonchev–Trinajstić information content (AvgIpc) is 2.79. The number of urea groups is 1. The third kappa shape index (κ3) is 8.23. The van der Waals surface area contributed by atoms with Crippen LogP contribution in [-0.2, 0) is 16.4 Å². The Morgan fingerprint density at radius 2 is 1.82 bits per heavy atom. The van der Waals surface area contributed by atoms with Crippen LogP contribution in [0.2, 0.25) is 0 Å². The van der Waals surface area contributed by atoms with E-state index in [9.17, 15) is 18.0 Å². The van der Waals surface area contributed by atoms with Crippen molar-refractivity contribution < 1.29 is 52.3 Å². The van der Waals surface area contributed by atoms with Crippen LogP contribution in [0.1, 0.15) is 48.0 Å². The van der Waals surface area contributed by atoms with Crippen molar-refractivity contribution in [2.75, 3.05) is 13.7 Å². The molecule has 0 aliphatic heterocycles. The van der Waals surface area contributed by atoms with E-state index < -0.39 is 16.1 Å². The van der Waals surface area contributed by atoms with Crippen LogP contribution in [-0.4, -0.2) is 45.0 Å². The zero-order valence-electron chi connectivity index (χ0n) is 19.3. The van der Waals surface area contributed by atoms with Gasteiger partial charge in [-0.1, -0.05) is 31.4 Å². The number of carbonyl (C=O) groups is 2. The summed E-state index contributed by atoms with van der Waals surface area (Å²) in [6.07, 6.45) is 6.97. The number of hydrogen-bond donors (Lipinski definition) is 3. The van der Waals surface area contributed by atoms with Gasteiger partial charge in [0.15, 0.2) is 0 Å². The van der Waals surface area contributed by atoms with Gasteiger partial charge >= 0.3 is 35.6 Å². The molecule has 1 aliphatic rings. The minimum absolute atomic E-state index is 0. The van der Waals surface area contributed by atoms with E-state index in [1.165, 1.54) is 19.2 Å². The summed E-state index contributed by atoms with van der Waals surface area (Å²) >= 11 is 3.28. The van der Waals surface area contributed by atoms with Crippen LogP contribution in [0.25, 0.3) is 0 Å². The minimum Gasteiger partial charge on any atom is -0.480 e. The predicted molar refractivity (Wildman–Crippen MR) is 127 cm³/mol. The molecule has 12 heteroatoms. The molecule has 0 atom stereocenters. The van der Waals surface area contributed by atoms with Crippen LogP contribution in [0.15, 0.2) is 45.9 Å². The molecule has 3 rings (SSSR count). The van der Waals surface area contributed by atoms with Crippen LogP contribution in [0.4, 0.5) is 4.79 Å². The number of ether oxygens (including phenoxy) is 1. The normalized spacial score (nSPS) is 13.9. The Hall–Kier alpha value is -1.66. The standard InChI is InChI=1S/C22H27BrN4O5S.Na/c1-32-21-19(13-16(23)14-25-21)20(28)24-12-11-15-7-9-18(10-8-15)33(30,31)27-22(29)26-17-5-3-2-4-6-17;/h7-10,13-14,17H,2-6,11-12H2,1H3,(H,24,28)(H2,26,27,29);/q;+1. The first-order chi connectivity index (χ1) is 15.8. The van der Waals surface area contributed by atoms with Crippen LogP contribution in [0, 0.1) is 0 Å². The van der Waals surface area contributed by atoms with Crippen molar-refractivity contribution >= 4 is 37.9 Å². The third-order valence-electron chi connectivity index (χ3n) is 5.36. The van der Waals surface area contributed by atoms with Crippen molar-refractivity contribution in [2.45, 2.75) is 49.5 Å². The quantitative estimate of drug-likeness (QED) is 0.394. The number of methoxy groups -OCH3 is 1. The molecule has 1 aromatic heterocycles. The number of hydrogen-bond acceptors (Lipinski definition) is 6. The molecule has 0 radical (unpaired) electrons. The van der Waals surface area contributed by atoms with Gasteiger partial charge < -0.3 is 15.4 Å². The zero-order valence-corrected chi connectivity index (χ0v) is 23.7. The van der Waals surface area contributed by atoms with E-state index in [-0.39, 0.29) is 52.3 Å². The summed E-state index contributed by atoms with van der Waals surface area (Å²) in [6, 6.07) is 7.12. The Morgan fingerprint density at radius 1 is 1.15 bits per heavy atom. The molecule has 3 N–H and O–H groups in total. The second-order valence-corrected chi connectivity index (χ2v) is 10.4. The van der Waals surface area contributed by atoms with Crippen molar-refractivity contribution in [3.05, 3.63) is 52.1 Å². The molecule has 1 aliphatic carbocycles. The monoisotopic (exact) mass is 561 g/mol. The Kier molecular flexibility index (Phi) is 11.3. The van der Waals surface area contributed by atoms with Crippen molar-refractivity contribution in [1.29, 1.82) is 0 Å². The number of carbonyl (C=O) groups excluding carboxylic acids is 2. The van der Waals surface area contributed by atoms with Gasteiger partial charge in [0.25, 0.3) is 15.9 Å². The van der Waals surface area contributed by atoms with Crippen LogP contribution >= 0.6 is 15.9 Å². The molecule has 1 heterocycles. The average molecular weight is 562 g/mol. The van der Waals surface area contributed by atoms with Crippen LogP contribution in [0.3, 0.4) is 0 Å². The second-order valence-electron chi connectivity index (χ2n) is 7.77. The Balaban J connectivity index is 0.00000408. The summed E-state index contributed by atoms with van der Waals surface area (Å²) in [5, 5.41) is 5.53. The van der Waals surface area contributed by atoms with Crippen molar-refractivity contribution in [2.24, 2.45) is 0 Å². The van der Waals surface area contributed by atoms with Gasteiger partial charge in [0.05, 0.1) is 12.0 Å². The maximum atomic E-state index is 12.5. The number of halogens is 1. The van der Waals surface area contributed by atoms with Crippen molar-refractivity contribution in [3.63, 3.8) is 0 Å². The van der Waals surface area contributed by atoms with Crippen molar-refractivity contribution in [1.82, 2.24) is 20.3 Å². The van der Waals surface area contributed by atoms with E-state index in [0.717, 1.165) is 37.7 Å². The maximum Gasteiger partial charge on any atom is 1.00 e. The molecular formula is C22H27BrN4NaO5S+. The first kappa shape index (κ1) is 28.6. The van der Waals surface area contributed by atoms with Gasteiger partial charge in [0.2, 0.25) is 5.88 Å². The molecular weight excluding hydrogens is 535 g/mol. The van der Waals surface area contributed by atoms with Gasteiger partial charge in [-0.3, -0.25) is 4.79 Å². The number of rotatable bonds is 8. The fourth-order valence-electron chi connectivity index (χ4n) is 3.65. The van der Waals surface area contributed by atoms with Crippen LogP contribution in [0.5, 0.6) is 5.88 Å². The van der Waals surface area contributed by atoms with Gasteiger partial charge in [0, 0.05) is 23.3 Å². The van der Waals surface area contributed by atoms with Gasteiger partial charge in [-0.2, -0.15) is 0 Å². The molecule has 9 nitrogen and oxygen atoms in total. The molecule has 0 bridgehead atoms. The van der Waals surface area contributed by atoms with Gasteiger partial charge in [-0.15, -0.1) is 0 Å². The predicted octanol–water partition coefficient (Wildman–Crippen LogP) is 0.150. The molecule has 34 heavy (non-hydrogen) atoms. The fraction of sp³-hybridized carbons (Fsp3) is 0.409. The van der Waals surface area contributed by atoms with E-state index in [1.807, 2.05) is 0 Å². The Labute approximate surface area is 230 Å². The number of nitrogens with one attached hydrogen (secondary N) is 3. The molecule has 0 saturated heterocycles. The second kappa shape index (κ2) is 13.4. The topological polar surface area (TPSA) is 126 Å². The summed E-state index contributed by atoms with van der Waals surface area (Å²) in [5.41, 5.74) is 1.14. The summed E-state index contributed by atoms with van der Waals surface area (Å²) in [6.45, 7) is 0.336. The summed E-state index contributed by atoms with van der Waals surface area (Å²) < 4.78 is 32.8. The van der Waals surface area contributed by atoms with E-state index in [1.54, 1.807) is 24.4 Å². The number of pyridine rings is 1. The summed E-state index contributed by atoms with van der Waals surface area (Å²) in [4.78, 5) is 28.6. The van der Waals surface area contributed by atoms with Gasteiger partial charge in [-0.25, -0.2) is 22.9 Å². The molecule has 178 valence electrons. The number of benzene rings is 1. The molecule has 1 fully saturated rings. The molecule has 2 aromatic rings. The number of sulfonamides is 1. The third-order valence-corrected chi connectivity index (χ3v) is 7.14. The largest absolute Gasteiger partial charge is 1.00 e. The Morgan fingerprint density at radius 3 is 2.47 bits per heavy atom. The Bertz CT molecular complexity index is 1090. The van der Waals surface area contributed by atoms with E-state index in [0.29, 0.717) is 23.0 Å².